The third kappa shape index (κ3) is 4.03. The predicted molar refractivity (Wildman–Crippen MR) is 100 cm³/mol. The topological polar surface area (TPSA) is 75.2 Å². The van der Waals surface area contributed by atoms with E-state index >= 15 is 0 Å². The molecule has 6 heteroatoms. The third-order valence-electron chi connectivity index (χ3n) is 4.39. The molecule has 3 aromatic rings. The van der Waals surface area contributed by atoms with Crippen molar-refractivity contribution in [1.29, 1.82) is 0 Å². The molecule has 0 amide bonds. The fraction of sp³-hybridized carbons (Fsp3) is 0.300. The lowest BCUT2D eigenvalue weighted by molar-refractivity contribution is 0.354. The highest BCUT2D eigenvalue weighted by molar-refractivity contribution is 5.43. The second-order valence-corrected chi connectivity index (χ2v) is 6.24. The van der Waals surface area contributed by atoms with Crippen LogP contribution in [0.3, 0.4) is 0 Å². The summed E-state index contributed by atoms with van der Waals surface area (Å²) >= 11 is 0. The van der Waals surface area contributed by atoms with E-state index in [1.54, 1.807) is 20.5 Å². The Bertz CT molecular complexity index is 859. The summed E-state index contributed by atoms with van der Waals surface area (Å²) in [6.45, 7) is 2.75. The monoisotopic (exact) mass is 352 g/mol. The molecule has 3 rings (SSSR count). The molecule has 0 saturated carbocycles. The highest BCUT2D eigenvalue weighted by Crippen LogP contribution is 2.30. The van der Waals surface area contributed by atoms with Crippen LogP contribution in [-0.2, 0) is 13.0 Å². The SMILES string of the molecule is COc1ccc([C@@H](N)Cc2ncnn2Cc2ccc(C)cc2)cc1OC. The largest absolute Gasteiger partial charge is 0.493 e. The van der Waals surface area contributed by atoms with E-state index in [9.17, 15) is 0 Å². The molecule has 1 aromatic heterocycles. The van der Waals surface area contributed by atoms with E-state index in [1.807, 2.05) is 22.9 Å². The first-order valence-corrected chi connectivity index (χ1v) is 8.50. The highest BCUT2D eigenvalue weighted by Gasteiger charge is 2.15. The van der Waals surface area contributed by atoms with Crippen molar-refractivity contribution in [1.82, 2.24) is 14.8 Å². The van der Waals surface area contributed by atoms with Gasteiger partial charge in [-0.25, -0.2) is 9.67 Å². The Morgan fingerprint density at radius 1 is 1.04 bits per heavy atom. The van der Waals surface area contributed by atoms with Crippen LogP contribution < -0.4 is 15.2 Å². The van der Waals surface area contributed by atoms with Crippen LogP contribution in [0.25, 0.3) is 0 Å². The molecule has 2 N–H and O–H groups in total. The van der Waals surface area contributed by atoms with Crippen LogP contribution in [0, 0.1) is 6.92 Å². The molecule has 2 aromatic carbocycles. The van der Waals surface area contributed by atoms with Gasteiger partial charge in [-0.3, -0.25) is 0 Å². The van der Waals surface area contributed by atoms with Gasteiger partial charge >= 0.3 is 0 Å². The van der Waals surface area contributed by atoms with Gasteiger partial charge in [0.15, 0.2) is 11.5 Å². The van der Waals surface area contributed by atoms with Crippen molar-refractivity contribution in [3.8, 4) is 11.5 Å². The second kappa shape index (κ2) is 8.01. The number of nitrogens with zero attached hydrogens (tertiary/aromatic N) is 3. The molecule has 0 aliphatic carbocycles. The Morgan fingerprint density at radius 2 is 1.77 bits per heavy atom. The zero-order valence-corrected chi connectivity index (χ0v) is 15.3. The van der Waals surface area contributed by atoms with Gasteiger partial charge in [0.1, 0.15) is 12.2 Å². The smallest absolute Gasteiger partial charge is 0.161 e. The molecule has 26 heavy (non-hydrogen) atoms. The van der Waals surface area contributed by atoms with Crippen LogP contribution in [0.1, 0.15) is 28.6 Å². The summed E-state index contributed by atoms with van der Waals surface area (Å²) < 4.78 is 12.5. The Labute approximate surface area is 153 Å². The first kappa shape index (κ1) is 17.9. The summed E-state index contributed by atoms with van der Waals surface area (Å²) in [5.41, 5.74) is 9.79. The van der Waals surface area contributed by atoms with Gasteiger partial charge in [0.05, 0.1) is 20.8 Å². The lowest BCUT2D eigenvalue weighted by atomic mass is 10.0. The van der Waals surface area contributed by atoms with Crippen LogP contribution in [0.5, 0.6) is 11.5 Å². The molecule has 0 aliphatic heterocycles. The van der Waals surface area contributed by atoms with E-state index in [2.05, 4.69) is 41.3 Å². The van der Waals surface area contributed by atoms with Gasteiger partial charge < -0.3 is 15.2 Å². The third-order valence-corrected chi connectivity index (χ3v) is 4.39. The van der Waals surface area contributed by atoms with Crippen molar-refractivity contribution in [3.05, 3.63) is 71.3 Å². The van der Waals surface area contributed by atoms with Gasteiger partial charge in [-0.1, -0.05) is 35.9 Å². The number of hydrogen-bond donors (Lipinski definition) is 1. The van der Waals surface area contributed by atoms with Crippen molar-refractivity contribution in [3.63, 3.8) is 0 Å². The maximum atomic E-state index is 6.41. The summed E-state index contributed by atoms with van der Waals surface area (Å²) in [7, 11) is 3.23. The van der Waals surface area contributed by atoms with Crippen LogP contribution in [-0.4, -0.2) is 29.0 Å². The van der Waals surface area contributed by atoms with Crippen LogP contribution in [0.2, 0.25) is 0 Å². The van der Waals surface area contributed by atoms with Crippen molar-refractivity contribution >= 4 is 0 Å². The molecule has 0 unspecified atom stereocenters. The molecule has 136 valence electrons. The average molecular weight is 352 g/mol. The van der Waals surface area contributed by atoms with E-state index in [1.165, 1.54) is 11.1 Å². The minimum Gasteiger partial charge on any atom is -0.493 e. The number of nitrogens with two attached hydrogens (primary N) is 1. The Kier molecular flexibility index (Phi) is 5.53. The van der Waals surface area contributed by atoms with E-state index < -0.39 is 0 Å². The van der Waals surface area contributed by atoms with E-state index in [0.29, 0.717) is 24.5 Å². The van der Waals surface area contributed by atoms with Gasteiger partial charge in [-0.15, -0.1) is 0 Å². The van der Waals surface area contributed by atoms with Crippen molar-refractivity contribution in [2.24, 2.45) is 5.73 Å². The summed E-state index contributed by atoms with van der Waals surface area (Å²) in [6.07, 6.45) is 2.16. The molecule has 0 fully saturated rings. The van der Waals surface area contributed by atoms with Gasteiger partial charge in [0, 0.05) is 12.5 Å². The maximum Gasteiger partial charge on any atom is 0.161 e. The van der Waals surface area contributed by atoms with Gasteiger partial charge in [0.2, 0.25) is 0 Å². The molecule has 0 aliphatic rings. The van der Waals surface area contributed by atoms with Crippen molar-refractivity contribution in [2.45, 2.75) is 25.9 Å². The fourth-order valence-electron chi connectivity index (χ4n) is 2.84. The zero-order valence-electron chi connectivity index (χ0n) is 15.3. The van der Waals surface area contributed by atoms with E-state index in [0.717, 1.165) is 11.4 Å². The van der Waals surface area contributed by atoms with Gasteiger partial charge in [-0.2, -0.15) is 5.10 Å². The standard InChI is InChI=1S/C20H24N4O2/c1-14-4-6-15(7-5-14)12-24-20(22-13-23-24)11-17(21)16-8-9-18(25-2)19(10-16)26-3/h4-10,13,17H,11-12,21H2,1-3H3/t17-/m0/s1. The average Bonchev–Trinajstić information content (AvgIpc) is 3.09. The summed E-state index contributed by atoms with van der Waals surface area (Å²) in [5.74, 6) is 2.21. The first-order chi connectivity index (χ1) is 12.6. The summed E-state index contributed by atoms with van der Waals surface area (Å²) in [5, 5.41) is 4.35. The number of rotatable bonds is 7. The number of hydrogen-bond acceptors (Lipinski definition) is 5. The summed E-state index contributed by atoms with van der Waals surface area (Å²) in [6, 6.07) is 13.9. The lowest BCUT2D eigenvalue weighted by Crippen LogP contribution is -2.17. The number of aryl methyl sites for hydroxylation is 1. The Hall–Kier alpha value is -2.86. The molecular formula is C20H24N4O2. The molecule has 0 bridgehead atoms. The fourth-order valence-corrected chi connectivity index (χ4v) is 2.84. The van der Waals surface area contributed by atoms with E-state index in [-0.39, 0.29) is 6.04 Å². The Morgan fingerprint density at radius 3 is 2.46 bits per heavy atom. The number of ether oxygens (including phenoxy) is 2. The minimum absolute atomic E-state index is 0.212. The van der Waals surface area contributed by atoms with Gasteiger partial charge in [0.25, 0.3) is 0 Å². The first-order valence-electron chi connectivity index (χ1n) is 8.50. The predicted octanol–water partition coefficient (Wildman–Crippen LogP) is 2.89. The molecular weight excluding hydrogens is 328 g/mol. The van der Waals surface area contributed by atoms with Crippen LogP contribution in [0.4, 0.5) is 0 Å². The number of methoxy groups -OCH3 is 2. The Balaban J connectivity index is 1.75. The molecule has 6 nitrogen and oxygen atoms in total. The lowest BCUT2D eigenvalue weighted by Gasteiger charge is -2.15. The normalized spacial score (nSPS) is 12.0. The van der Waals surface area contributed by atoms with Crippen LogP contribution >= 0.6 is 0 Å². The maximum absolute atomic E-state index is 6.41. The molecule has 0 radical (unpaired) electrons. The zero-order chi connectivity index (χ0) is 18.5. The summed E-state index contributed by atoms with van der Waals surface area (Å²) in [4.78, 5) is 4.39. The molecule has 0 spiro atoms. The van der Waals surface area contributed by atoms with Gasteiger partial charge in [-0.05, 0) is 30.2 Å². The molecule has 1 atom stereocenters. The van der Waals surface area contributed by atoms with E-state index in [4.69, 9.17) is 15.2 Å². The molecule has 1 heterocycles. The highest BCUT2D eigenvalue weighted by atomic mass is 16.5. The van der Waals surface area contributed by atoms with Crippen LogP contribution in [0.15, 0.2) is 48.8 Å². The second-order valence-electron chi connectivity index (χ2n) is 6.24. The van der Waals surface area contributed by atoms with Crippen molar-refractivity contribution < 1.29 is 9.47 Å². The quantitative estimate of drug-likeness (QED) is 0.708. The number of benzene rings is 2. The number of aromatic nitrogens is 3. The van der Waals surface area contributed by atoms with Crippen molar-refractivity contribution in [2.75, 3.05) is 14.2 Å². The minimum atomic E-state index is -0.212. The molecule has 0 saturated heterocycles.